The molecule has 0 aliphatic carbocycles. The van der Waals surface area contributed by atoms with Crippen molar-refractivity contribution in [3.63, 3.8) is 0 Å². The van der Waals surface area contributed by atoms with Gasteiger partial charge < -0.3 is 10.6 Å². The van der Waals surface area contributed by atoms with E-state index in [4.69, 9.17) is 0 Å². The second-order valence-electron chi connectivity index (χ2n) is 15.4. The number of aromatic nitrogens is 4. The first kappa shape index (κ1) is 45.4. The van der Waals surface area contributed by atoms with Gasteiger partial charge in [0.25, 0.3) is 0 Å². The summed E-state index contributed by atoms with van der Waals surface area (Å²) in [6.07, 6.45) is 7.10. The molecule has 2 fully saturated rings. The van der Waals surface area contributed by atoms with Gasteiger partial charge in [0.2, 0.25) is 0 Å². The van der Waals surface area contributed by atoms with E-state index in [-0.39, 0.29) is 24.8 Å². The van der Waals surface area contributed by atoms with Gasteiger partial charge in [-0.05, 0) is 85.0 Å². The van der Waals surface area contributed by atoms with Crippen LogP contribution in [0.15, 0.2) is 61.2 Å². The molecule has 2 N–H and O–H groups in total. The zero-order valence-corrected chi connectivity index (χ0v) is 36.2. The number of piperidine rings is 2. The van der Waals surface area contributed by atoms with Gasteiger partial charge in [0, 0.05) is 73.2 Å². The molecule has 312 valence electrons. The Morgan fingerprint density at radius 3 is 1.22 bits per heavy atom. The summed E-state index contributed by atoms with van der Waals surface area (Å²) in [7, 11) is 0. The summed E-state index contributed by atoms with van der Waals surface area (Å²) in [5.74, 6) is 0.682. The van der Waals surface area contributed by atoms with Gasteiger partial charge in [-0.2, -0.15) is 0 Å². The molecule has 0 unspecified atom stereocenters. The lowest BCUT2D eigenvalue weighted by Gasteiger charge is -2.32. The molecule has 0 spiro atoms. The van der Waals surface area contributed by atoms with Crippen molar-refractivity contribution in [1.29, 1.82) is 0 Å². The highest BCUT2D eigenvalue weighted by atomic mass is 35.5. The molecule has 0 atom stereocenters. The Bertz CT molecular complexity index is 2060. The Kier molecular flexibility index (Phi) is 16.1. The number of fused-ring (bicyclic) bond motifs is 2. The Morgan fingerprint density at radius 1 is 0.552 bits per heavy atom. The third-order valence-electron chi connectivity index (χ3n) is 10.3. The molecule has 0 radical (unpaired) electrons. The van der Waals surface area contributed by atoms with Crippen LogP contribution in [-0.2, 0) is 13.1 Å². The monoisotopic (exact) mass is 876 g/mol. The number of thiophene rings is 2. The maximum Gasteiger partial charge on any atom is 0.138 e. The molecule has 0 amide bonds. The number of hydrogen-bond donors (Lipinski definition) is 2. The topological polar surface area (TPSA) is 82.1 Å². The Hall–Kier alpha value is -3.66. The molecule has 0 bridgehead atoms. The molecule has 6 aromatic rings. The van der Waals surface area contributed by atoms with Gasteiger partial charge in [-0.1, -0.05) is 27.7 Å². The van der Waals surface area contributed by atoms with Crippen molar-refractivity contribution in [2.45, 2.75) is 90.4 Å². The van der Waals surface area contributed by atoms with E-state index in [1.807, 2.05) is 0 Å². The van der Waals surface area contributed by atoms with Crippen LogP contribution in [0.4, 0.5) is 29.2 Å². The van der Waals surface area contributed by atoms with Gasteiger partial charge in [-0.3, -0.25) is 9.80 Å². The molecule has 2 aromatic carbocycles. The van der Waals surface area contributed by atoms with Crippen LogP contribution in [0.2, 0.25) is 0 Å². The average molecular weight is 878 g/mol. The lowest BCUT2D eigenvalue weighted by molar-refractivity contribution is 0.211. The number of rotatable bonds is 10. The predicted molar refractivity (Wildman–Crippen MR) is 234 cm³/mol. The molecule has 8 rings (SSSR count). The summed E-state index contributed by atoms with van der Waals surface area (Å²) in [4.78, 5) is 26.9. The molecule has 4 aromatic heterocycles. The average Bonchev–Trinajstić information content (AvgIpc) is 3.80. The Morgan fingerprint density at radius 2 is 0.897 bits per heavy atom. The molecular weight excluding hydrogens is 828 g/mol. The van der Waals surface area contributed by atoms with E-state index >= 15 is 0 Å². The van der Waals surface area contributed by atoms with Gasteiger partial charge in [0.1, 0.15) is 57.2 Å². The number of nitrogens with zero attached hydrogens (tertiary/aromatic N) is 6. The maximum absolute atomic E-state index is 13.4. The lowest BCUT2D eigenvalue weighted by atomic mass is 10.0. The van der Waals surface area contributed by atoms with Gasteiger partial charge in [-0.25, -0.2) is 37.5 Å². The third-order valence-corrected chi connectivity index (χ3v) is 13.0. The lowest BCUT2D eigenvalue weighted by Crippen LogP contribution is -2.38. The van der Waals surface area contributed by atoms with Crippen LogP contribution in [-0.4, -0.2) is 68.0 Å². The minimum Gasteiger partial charge on any atom is -0.367 e. The maximum atomic E-state index is 13.4. The number of benzene rings is 2. The summed E-state index contributed by atoms with van der Waals surface area (Å²) < 4.78 is 53.5. The second kappa shape index (κ2) is 20.5. The fourth-order valence-electron chi connectivity index (χ4n) is 7.33. The first-order chi connectivity index (χ1) is 26.9. The largest absolute Gasteiger partial charge is 0.367 e. The molecule has 2 aliphatic rings. The van der Waals surface area contributed by atoms with Crippen molar-refractivity contribution in [3.05, 3.63) is 105 Å². The van der Waals surface area contributed by atoms with Crippen LogP contribution in [0.3, 0.4) is 0 Å². The third kappa shape index (κ3) is 11.8. The normalized spacial score (nSPS) is 15.6. The summed E-state index contributed by atoms with van der Waals surface area (Å²) in [5.41, 5.74) is 1.36. The van der Waals surface area contributed by atoms with Crippen molar-refractivity contribution in [2.75, 3.05) is 36.8 Å². The van der Waals surface area contributed by atoms with E-state index in [2.05, 4.69) is 80.2 Å². The summed E-state index contributed by atoms with van der Waals surface area (Å²) in [6.45, 7) is 13.4. The Balaban J connectivity index is 0.000000214. The number of halogens is 6. The standard InChI is InChI=1S/2C21H24F2N4S.2ClH/c2*1-13(2)19-10-18-20(24-12-25-21(18)28-19)26-17-3-5-27(6-4-17)11-14-7-15(22)9-16(23)8-14;;/h2*7-10,12-13,17H,3-6,11H2,1-2H3,(H,24,25,26);2*1H. The van der Waals surface area contributed by atoms with Crippen LogP contribution < -0.4 is 10.6 Å². The molecule has 2 aliphatic heterocycles. The van der Waals surface area contributed by atoms with Gasteiger partial charge in [-0.15, -0.1) is 47.5 Å². The van der Waals surface area contributed by atoms with Gasteiger partial charge in [0.05, 0.1) is 10.8 Å². The van der Waals surface area contributed by atoms with Crippen LogP contribution >= 0.6 is 47.5 Å². The molecule has 6 heterocycles. The predicted octanol–water partition coefficient (Wildman–Crippen LogP) is 11.2. The zero-order valence-electron chi connectivity index (χ0n) is 33.0. The first-order valence-electron chi connectivity index (χ1n) is 19.3. The van der Waals surface area contributed by atoms with Crippen molar-refractivity contribution in [2.24, 2.45) is 0 Å². The number of anilines is 2. The van der Waals surface area contributed by atoms with E-state index in [0.29, 0.717) is 48.1 Å². The van der Waals surface area contributed by atoms with Crippen molar-refractivity contribution in [3.8, 4) is 0 Å². The molecular formula is C42H50Cl2F4N8S2. The van der Waals surface area contributed by atoms with Crippen molar-refractivity contribution >= 4 is 79.6 Å². The summed E-state index contributed by atoms with van der Waals surface area (Å²) >= 11 is 3.45. The minimum atomic E-state index is -0.518. The highest BCUT2D eigenvalue weighted by Crippen LogP contribution is 2.34. The van der Waals surface area contributed by atoms with Crippen LogP contribution in [0.1, 0.15) is 86.1 Å². The summed E-state index contributed by atoms with van der Waals surface area (Å²) in [5, 5.41) is 9.36. The van der Waals surface area contributed by atoms with E-state index < -0.39 is 23.3 Å². The first-order valence-corrected chi connectivity index (χ1v) is 21.0. The van der Waals surface area contributed by atoms with E-state index in [1.165, 1.54) is 34.0 Å². The van der Waals surface area contributed by atoms with Crippen molar-refractivity contribution in [1.82, 2.24) is 29.7 Å². The smallest absolute Gasteiger partial charge is 0.138 e. The summed E-state index contributed by atoms with van der Waals surface area (Å²) in [6, 6.07) is 12.5. The van der Waals surface area contributed by atoms with Crippen LogP contribution in [0.5, 0.6) is 0 Å². The highest BCUT2D eigenvalue weighted by molar-refractivity contribution is 7.19. The number of likely N-dealkylation sites (tertiary alicyclic amines) is 2. The van der Waals surface area contributed by atoms with E-state index in [1.54, 1.807) is 35.3 Å². The SMILES string of the molecule is CC(C)c1cc2c(NC3CCN(Cc4cc(F)cc(F)c4)CC3)ncnc2s1.CC(C)c1cc2c(NC3CCN(Cc4cc(F)cc(F)c4)CC3)ncnc2s1.Cl.Cl. The van der Waals surface area contributed by atoms with E-state index in [0.717, 1.165) is 96.1 Å². The fourth-order valence-corrected chi connectivity index (χ4v) is 9.33. The fraction of sp³-hybridized carbons (Fsp3) is 0.429. The van der Waals surface area contributed by atoms with Crippen LogP contribution in [0.25, 0.3) is 20.4 Å². The number of nitrogens with one attached hydrogen (secondary N) is 2. The molecule has 0 saturated carbocycles. The number of hydrogen-bond acceptors (Lipinski definition) is 10. The molecule has 8 nitrogen and oxygen atoms in total. The van der Waals surface area contributed by atoms with Crippen molar-refractivity contribution < 1.29 is 17.6 Å². The zero-order chi connectivity index (χ0) is 39.3. The quantitative estimate of drug-likeness (QED) is 0.132. The molecule has 58 heavy (non-hydrogen) atoms. The van der Waals surface area contributed by atoms with Gasteiger partial charge >= 0.3 is 0 Å². The van der Waals surface area contributed by atoms with Crippen LogP contribution in [0, 0.1) is 23.3 Å². The minimum absolute atomic E-state index is 0. The second-order valence-corrected chi connectivity index (χ2v) is 17.6. The molecule has 16 heteroatoms. The molecule has 2 saturated heterocycles. The highest BCUT2D eigenvalue weighted by Gasteiger charge is 2.23. The van der Waals surface area contributed by atoms with Gasteiger partial charge in [0.15, 0.2) is 0 Å². The Labute approximate surface area is 357 Å². The van der Waals surface area contributed by atoms with E-state index in [9.17, 15) is 17.6 Å².